The summed E-state index contributed by atoms with van der Waals surface area (Å²) in [4.78, 5) is 20.0. The number of carbonyl (C=O) groups is 1. The Balaban J connectivity index is 4.33. The number of halogens is 4. The maximum absolute atomic E-state index is 12.5. The quantitative estimate of drug-likeness (QED) is 0.491. The van der Waals surface area contributed by atoms with Gasteiger partial charge in [0, 0.05) is 0 Å². The van der Waals surface area contributed by atoms with Crippen molar-refractivity contribution in [3.8, 4) is 0 Å². The third-order valence-electron chi connectivity index (χ3n) is 1.08. The van der Waals surface area contributed by atoms with Crippen molar-refractivity contribution in [3.63, 3.8) is 0 Å². The highest BCUT2D eigenvalue weighted by atomic mass is 19.4. The van der Waals surface area contributed by atoms with Crippen LogP contribution in [0.4, 0.5) is 17.6 Å². The molecule has 12 heavy (non-hydrogen) atoms. The van der Waals surface area contributed by atoms with E-state index in [-0.39, 0.29) is 0 Å². The Bertz CT molecular complexity index is 194. The average molecular weight is 185 g/mol. The van der Waals surface area contributed by atoms with E-state index in [0.717, 1.165) is 0 Å². The number of rotatable bonds is 3. The molecule has 6 heteroatoms. The predicted molar refractivity (Wildman–Crippen MR) is 30.9 cm³/mol. The molecule has 0 aliphatic heterocycles. The molecular weight excluding hydrogens is 180 g/mol. The van der Waals surface area contributed by atoms with Gasteiger partial charge in [-0.25, -0.2) is 4.39 Å². The molecule has 0 aliphatic carbocycles. The molecule has 0 N–H and O–H groups in total. The predicted octanol–water partition coefficient (Wildman–Crippen LogP) is 1.35. The fourth-order valence-electron chi connectivity index (χ4n) is 0.405. The van der Waals surface area contributed by atoms with Gasteiger partial charge >= 0.3 is 6.18 Å². The molecule has 1 radical (unpaired) electrons. The van der Waals surface area contributed by atoms with E-state index in [1.54, 1.807) is 0 Å². The van der Waals surface area contributed by atoms with Crippen LogP contribution in [0.2, 0.25) is 0 Å². The molecule has 0 aliphatic rings. The van der Waals surface area contributed by atoms with Gasteiger partial charge in [0.15, 0.2) is 5.78 Å². The van der Waals surface area contributed by atoms with Crippen molar-refractivity contribution in [1.82, 2.24) is 0 Å². The minimum Gasteiger partial charge on any atom is -0.295 e. The fraction of sp³-hybridized carbons (Fsp3) is 0.667. The van der Waals surface area contributed by atoms with Gasteiger partial charge in [-0.1, -0.05) is 0 Å². The lowest BCUT2D eigenvalue weighted by Crippen LogP contribution is -2.35. The first-order valence-corrected chi connectivity index (χ1v) is 2.87. The molecule has 0 saturated carbocycles. The third kappa shape index (κ3) is 3.45. The monoisotopic (exact) mass is 185 g/mol. The molecule has 0 aromatic rings. The van der Waals surface area contributed by atoms with E-state index in [4.69, 9.17) is 0 Å². The Morgan fingerprint density at radius 2 is 1.75 bits per heavy atom. The topological polar surface area (TPSA) is 34.1 Å². The van der Waals surface area contributed by atoms with E-state index in [1.165, 1.54) is 0 Å². The molecule has 0 aromatic heterocycles. The summed E-state index contributed by atoms with van der Waals surface area (Å²) in [6, 6.07) is 0. The molecule has 0 aromatic carbocycles. The SMILES string of the molecule is CC(F)([C]=O)C(=O)CC(F)(F)F. The number of ketones is 1. The maximum atomic E-state index is 12.5. The number of hydrogen-bond acceptors (Lipinski definition) is 2. The second-order valence-corrected chi connectivity index (χ2v) is 2.32. The van der Waals surface area contributed by atoms with Crippen LogP contribution in [0.25, 0.3) is 0 Å². The largest absolute Gasteiger partial charge is 0.396 e. The van der Waals surface area contributed by atoms with Crippen molar-refractivity contribution in [2.45, 2.75) is 25.2 Å². The van der Waals surface area contributed by atoms with Gasteiger partial charge in [0.05, 0.1) is 0 Å². The normalized spacial score (nSPS) is 16.8. The maximum Gasteiger partial charge on any atom is 0.396 e. The smallest absolute Gasteiger partial charge is 0.295 e. The van der Waals surface area contributed by atoms with Crippen LogP contribution in [0.3, 0.4) is 0 Å². The van der Waals surface area contributed by atoms with Crippen LogP contribution in [0.15, 0.2) is 0 Å². The van der Waals surface area contributed by atoms with Crippen molar-refractivity contribution < 1.29 is 27.2 Å². The Kier molecular flexibility index (Phi) is 2.95. The van der Waals surface area contributed by atoms with E-state index >= 15 is 0 Å². The Morgan fingerprint density at radius 3 is 2.00 bits per heavy atom. The number of Topliss-reactive ketones (excluding diaryl/α,β-unsaturated/α-hetero) is 1. The van der Waals surface area contributed by atoms with Crippen LogP contribution in [0, 0.1) is 0 Å². The second kappa shape index (κ2) is 3.20. The van der Waals surface area contributed by atoms with Gasteiger partial charge in [-0.2, -0.15) is 13.2 Å². The molecule has 0 fully saturated rings. The number of carbonyl (C=O) groups excluding carboxylic acids is 2. The van der Waals surface area contributed by atoms with Crippen molar-refractivity contribution >= 4 is 12.1 Å². The molecule has 1 unspecified atom stereocenters. The van der Waals surface area contributed by atoms with Crippen molar-refractivity contribution in [2.75, 3.05) is 0 Å². The first-order chi connectivity index (χ1) is 5.19. The summed E-state index contributed by atoms with van der Waals surface area (Å²) >= 11 is 0. The lowest BCUT2D eigenvalue weighted by molar-refractivity contribution is -0.157. The number of hydrogen-bond donors (Lipinski definition) is 0. The van der Waals surface area contributed by atoms with Crippen LogP contribution in [0.1, 0.15) is 13.3 Å². The van der Waals surface area contributed by atoms with Crippen LogP contribution < -0.4 is 0 Å². The summed E-state index contributed by atoms with van der Waals surface area (Å²) in [6.07, 6.45) is -6.14. The van der Waals surface area contributed by atoms with Gasteiger partial charge < -0.3 is 0 Å². The zero-order chi connectivity index (χ0) is 9.99. The van der Waals surface area contributed by atoms with Gasteiger partial charge in [-0.3, -0.25) is 9.59 Å². The second-order valence-electron chi connectivity index (χ2n) is 2.32. The molecule has 1 atom stereocenters. The number of alkyl halides is 4. The molecule has 0 bridgehead atoms. The van der Waals surface area contributed by atoms with Crippen LogP contribution >= 0.6 is 0 Å². The first-order valence-electron chi connectivity index (χ1n) is 2.87. The molecule has 0 amide bonds. The zero-order valence-electron chi connectivity index (χ0n) is 6.04. The standard InChI is InChI=1S/C6H5F4O2/c1-5(7,3-11)4(12)2-6(8,9)10/h2H2,1H3. The molecule has 0 rings (SSSR count). The van der Waals surface area contributed by atoms with E-state index in [9.17, 15) is 27.2 Å². The first kappa shape index (κ1) is 11.1. The highest BCUT2D eigenvalue weighted by Crippen LogP contribution is 2.23. The molecule has 69 valence electrons. The van der Waals surface area contributed by atoms with Crippen molar-refractivity contribution in [3.05, 3.63) is 0 Å². The third-order valence-corrected chi connectivity index (χ3v) is 1.08. The summed E-state index contributed by atoms with van der Waals surface area (Å²) in [7, 11) is 0. The van der Waals surface area contributed by atoms with E-state index in [0.29, 0.717) is 13.2 Å². The molecule has 0 saturated heterocycles. The van der Waals surface area contributed by atoms with Crippen molar-refractivity contribution in [2.24, 2.45) is 0 Å². The lowest BCUT2D eigenvalue weighted by atomic mass is 10.0. The van der Waals surface area contributed by atoms with Gasteiger partial charge in [-0.15, -0.1) is 0 Å². The summed E-state index contributed by atoms with van der Waals surface area (Å²) in [5, 5.41) is 0. The summed E-state index contributed by atoms with van der Waals surface area (Å²) in [5.41, 5.74) is -3.16. The lowest BCUT2D eigenvalue weighted by Gasteiger charge is -2.11. The van der Waals surface area contributed by atoms with Crippen LogP contribution in [0.5, 0.6) is 0 Å². The average Bonchev–Trinajstić information content (AvgIpc) is 1.84. The molecule has 2 nitrogen and oxygen atoms in total. The van der Waals surface area contributed by atoms with Gasteiger partial charge in [0.1, 0.15) is 6.42 Å². The van der Waals surface area contributed by atoms with Gasteiger partial charge in [0.25, 0.3) is 0 Å². The van der Waals surface area contributed by atoms with E-state index in [1.807, 2.05) is 0 Å². The van der Waals surface area contributed by atoms with E-state index < -0.39 is 24.0 Å². The minimum atomic E-state index is -4.79. The van der Waals surface area contributed by atoms with Crippen LogP contribution in [-0.2, 0) is 9.59 Å². The van der Waals surface area contributed by atoms with Gasteiger partial charge in [-0.05, 0) is 6.92 Å². The summed E-state index contributed by atoms with van der Waals surface area (Å²) in [6.45, 7) is 0.439. The highest BCUT2D eigenvalue weighted by molar-refractivity contribution is 6.01. The summed E-state index contributed by atoms with van der Waals surface area (Å²) < 4.78 is 46.8. The Labute approximate surface area is 65.5 Å². The van der Waals surface area contributed by atoms with Crippen molar-refractivity contribution in [1.29, 1.82) is 0 Å². The summed E-state index contributed by atoms with van der Waals surface area (Å²) in [5.74, 6) is -1.83. The fourth-order valence-corrected chi connectivity index (χ4v) is 0.405. The van der Waals surface area contributed by atoms with E-state index in [2.05, 4.69) is 0 Å². The molecule has 0 spiro atoms. The Morgan fingerprint density at radius 1 is 1.33 bits per heavy atom. The minimum absolute atomic E-state index is 0.439. The molecular formula is C6H5F4O2. The van der Waals surface area contributed by atoms with Crippen LogP contribution in [-0.4, -0.2) is 23.9 Å². The highest BCUT2D eigenvalue weighted by Gasteiger charge is 2.41. The molecule has 0 heterocycles. The van der Waals surface area contributed by atoms with Gasteiger partial charge in [0.2, 0.25) is 12.0 Å². The Hall–Kier alpha value is -0.940. The zero-order valence-corrected chi connectivity index (χ0v) is 6.04.